The predicted octanol–water partition coefficient (Wildman–Crippen LogP) is 1.06. The van der Waals surface area contributed by atoms with Crippen molar-refractivity contribution in [3.8, 4) is 5.75 Å². The third-order valence-electron chi connectivity index (χ3n) is 2.15. The second kappa shape index (κ2) is 3.49. The van der Waals surface area contributed by atoms with Gasteiger partial charge in [-0.2, -0.15) is 0 Å². The average Bonchev–Trinajstić information content (AvgIpc) is 2.27. The van der Waals surface area contributed by atoms with E-state index in [-0.39, 0.29) is 0 Å². The highest BCUT2D eigenvalue weighted by Crippen LogP contribution is 2.31. The molecule has 0 radical (unpaired) electrons. The van der Waals surface area contributed by atoms with Gasteiger partial charge < -0.3 is 10.1 Å². The standard InChI is InChI=1S/C10H11N3O/c1-11-8-6-14-9-3-4-13-5-7(9)10(8)12-2/h3-5,11H,2,6H2,1H3. The van der Waals surface area contributed by atoms with E-state index in [4.69, 9.17) is 4.74 Å². The third-order valence-corrected chi connectivity index (χ3v) is 2.15. The number of hydrogen-bond donors (Lipinski definition) is 1. The van der Waals surface area contributed by atoms with Gasteiger partial charge in [0.25, 0.3) is 0 Å². The Labute approximate surface area is 82.3 Å². The second-order valence-electron chi connectivity index (χ2n) is 2.90. The van der Waals surface area contributed by atoms with E-state index in [2.05, 4.69) is 22.0 Å². The van der Waals surface area contributed by atoms with Crippen LogP contribution in [0, 0.1) is 0 Å². The number of fused-ring (bicyclic) bond motifs is 1. The van der Waals surface area contributed by atoms with Gasteiger partial charge in [-0.3, -0.25) is 9.98 Å². The zero-order valence-corrected chi connectivity index (χ0v) is 7.95. The molecule has 1 N–H and O–H groups in total. The fraction of sp³-hybridized carbons (Fsp3) is 0.200. The van der Waals surface area contributed by atoms with Crippen LogP contribution in [-0.4, -0.2) is 25.4 Å². The van der Waals surface area contributed by atoms with Crippen LogP contribution in [0.1, 0.15) is 5.56 Å². The van der Waals surface area contributed by atoms with Crippen molar-refractivity contribution in [2.75, 3.05) is 13.7 Å². The summed E-state index contributed by atoms with van der Waals surface area (Å²) in [5.74, 6) is 0.807. The molecule has 0 atom stereocenters. The molecule has 2 heterocycles. The van der Waals surface area contributed by atoms with Crippen LogP contribution in [0.5, 0.6) is 5.75 Å². The van der Waals surface area contributed by atoms with Crippen LogP contribution in [0.2, 0.25) is 0 Å². The normalized spacial score (nSPS) is 14.4. The van der Waals surface area contributed by atoms with Crippen LogP contribution in [0.4, 0.5) is 0 Å². The number of aliphatic imine (C=N–C) groups is 1. The summed E-state index contributed by atoms with van der Waals surface area (Å²) in [5, 5.41) is 3.04. The van der Waals surface area contributed by atoms with Crippen molar-refractivity contribution in [3.63, 3.8) is 0 Å². The molecule has 0 unspecified atom stereocenters. The Balaban J connectivity index is 2.57. The van der Waals surface area contributed by atoms with Crippen molar-refractivity contribution < 1.29 is 4.74 Å². The largest absolute Gasteiger partial charge is 0.486 e. The number of nitrogens with one attached hydrogen (secondary N) is 1. The SMILES string of the molecule is C=NC1=C(NC)COc2ccncc21. The van der Waals surface area contributed by atoms with E-state index < -0.39 is 0 Å². The summed E-state index contributed by atoms with van der Waals surface area (Å²) in [4.78, 5) is 8.02. The molecule has 0 saturated heterocycles. The van der Waals surface area contributed by atoms with Gasteiger partial charge in [-0.25, -0.2) is 0 Å². The lowest BCUT2D eigenvalue weighted by atomic mass is 10.1. The first kappa shape index (κ1) is 8.74. The smallest absolute Gasteiger partial charge is 0.132 e. The minimum Gasteiger partial charge on any atom is -0.486 e. The maximum absolute atomic E-state index is 5.51. The van der Waals surface area contributed by atoms with Crippen molar-refractivity contribution in [1.29, 1.82) is 0 Å². The molecule has 0 bridgehead atoms. The molecule has 72 valence electrons. The molecule has 4 heteroatoms. The van der Waals surface area contributed by atoms with Gasteiger partial charge >= 0.3 is 0 Å². The highest BCUT2D eigenvalue weighted by Gasteiger charge is 2.18. The van der Waals surface area contributed by atoms with E-state index >= 15 is 0 Å². The predicted molar refractivity (Wildman–Crippen MR) is 55.3 cm³/mol. The summed E-state index contributed by atoms with van der Waals surface area (Å²) >= 11 is 0. The maximum Gasteiger partial charge on any atom is 0.132 e. The molecule has 1 aromatic heterocycles. The maximum atomic E-state index is 5.51. The first-order chi connectivity index (χ1) is 6.86. The lowest BCUT2D eigenvalue weighted by Crippen LogP contribution is -2.20. The van der Waals surface area contributed by atoms with Gasteiger partial charge in [0.2, 0.25) is 0 Å². The Morgan fingerprint density at radius 1 is 1.64 bits per heavy atom. The second-order valence-corrected chi connectivity index (χ2v) is 2.90. The summed E-state index contributed by atoms with van der Waals surface area (Å²) in [6.45, 7) is 4.05. The summed E-state index contributed by atoms with van der Waals surface area (Å²) in [7, 11) is 1.84. The number of likely N-dealkylation sites (N-methyl/N-ethyl adjacent to an activating group) is 1. The lowest BCUT2D eigenvalue weighted by Gasteiger charge is -2.20. The van der Waals surface area contributed by atoms with Gasteiger partial charge in [0.15, 0.2) is 0 Å². The van der Waals surface area contributed by atoms with Gasteiger partial charge in [-0.15, -0.1) is 0 Å². The Morgan fingerprint density at radius 3 is 3.21 bits per heavy atom. The Hall–Kier alpha value is -1.84. The zero-order chi connectivity index (χ0) is 9.97. The monoisotopic (exact) mass is 189 g/mol. The fourth-order valence-corrected chi connectivity index (χ4v) is 1.44. The third kappa shape index (κ3) is 1.25. The number of hydrogen-bond acceptors (Lipinski definition) is 4. The molecule has 1 aliphatic rings. The summed E-state index contributed by atoms with van der Waals surface area (Å²) in [6, 6.07) is 1.83. The molecule has 0 aromatic carbocycles. The summed E-state index contributed by atoms with van der Waals surface area (Å²) in [5.41, 5.74) is 2.64. The van der Waals surface area contributed by atoms with Gasteiger partial charge in [0.05, 0.1) is 17.0 Å². The molecule has 0 spiro atoms. The van der Waals surface area contributed by atoms with E-state index in [0.29, 0.717) is 6.61 Å². The van der Waals surface area contributed by atoms with E-state index in [1.165, 1.54) is 0 Å². The Morgan fingerprint density at radius 2 is 2.50 bits per heavy atom. The topological polar surface area (TPSA) is 46.5 Å². The molecule has 4 nitrogen and oxygen atoms in total. The van der Waals surface area contributed by atoms with Gasteiger partial charge in [-0.05, 0) is 12.8 Å². The van der Waals surface area contributed by atoms with Crippen molar-refractivity contribution in [2.45, 2.75) is 0 Å². The Bertz CT molecular complexity index is 398. The summed E-state index contributed by atoms with van der Waals surface area (Å²) < 4.78 is 5.51. The van der Waals surface area contributed by atoms with E-state index in [0.717, 1.165) is 22.7 Å². The number of nitrogens with zero attached hydrogens (tertiary/aromatic N) is 2. The molecule has 0 saturated carbocycles. The van der Waals surface area contributed by atoms with Crippen molar-refractivity contribution in [2.24, 2.45) is 4.99 Å². The fourth-order valence-electron chi connectivity index (χ4n) is 1.44. The minimum absolute atomic E-state index is 0.502. The van der Waals surface area contributed by atoms with Crippen LogP contribution in [-0.2, 0) is 0 Å². The molecule has 1 aliphatic heterocycles. The number of ether oxygens (including phenoxy) is 1. The van der Waals surface area contributed by atoms with Crippen LogP contribution >= 0.6 is 0 Å². The number of pyridine rings is 1. The molecule has 1 aromatic rings. The summed E-state index contributed by atoms with van der Waals surface area (Å²) in [6.07, 6.45) is 3.43. The molecule has 0 aliphatic carbocycles. The van der Waals surface area contributed by atoms with Gasteiger partial charge in [-0.1, -0.05) is 0 Å². The van der Waals surface area contributed by atoms with Gasteiger partial charge in [0.1, 0.15) is 12.4 Å². The van der Waals surface area contributed by atoms with Crippen molar-refractivity contribution in [3.05, 3.63) is 29.7 Å². The first-order valence-corrected chi connectivity index (χ1v) is 4.31. The molecular formula is C10H11N3O. The highest BCUT2D eigenvalue weighted by molar-refractivity contribution is 5.75. The van der Waals surface area contributed by atoms with Crippen LogP contribution in [0.15, 0.2) is 29.1 Å². The quantitative estimate of drug-likeness (QED) is 0.708. The van der Waals surface area contributed by atoms with Crippen LogP contribution in [0.3, 0.4) is 0 Å². The van der Waals surface area contributed by atoms with E-state index in [9.17, 15) is 0 Å². The first-order valence-electron chi connectivity index (χ1n) is 4.31. The van der Waals surface area contributed by atoms with E-state index in [1.807, 2.05) is 13.1 Å². The van der Waals surface area contributed by atoms with Crippen molar-refractivity contribution >= 4 is 12.4 Å². The molecule has 2 rings (SSSR count). The Kier molecular flexibility index (Phi) is 2.18. The number of aromatic nitrogens is 1. The lowest BCUT2D eigenvalue weighted by molar-refractivity contribution is 0.337. The van der Waals surface area contributed by atoms with Gasteiger partial charge in [0, 0.05) is 19.4 Å². The van der Waals surface area contributed by atoms with Crippen LogP contribution in [0.25, 0.3) is 5.70 Å². The van der Waals surface area contributed by atoms with E-state index in [1.54, 1.807) is 12.4 Å². The molecule has 0 amide bonds. The molecule has 0 fully saturated rings. The average molecular weight is 189 g/mol. The number of rotatable bonds is 2. The van der Waals surface area contributed by atoms with Crippen molar-refractivity contribution in [1.82, 2.24) is 10.3 Å². The van der Waals surface area contributed by atoms with Crippen LogP contribution < -0.4 is 10.1 Å². The molecular weight excluding hydrogens is 178 g/mol. The molecule has 14 heavy (non-hydrogen) atoms. The zero-order valence-electron chi connectivity index (χ0n) is 7.95. The minimum atomic E-state index is 0.502. The highest BCUT2D eigenvalue weighted by atomic mass is 16.5.